The Morgan fingerprint density at radius 2 is 0.859 bits per heavy atom. The predicted octanol–water partition coefficient (Wildman–Crippen LogP) is 18.3. The van der Waals surface area contributed by atoms with Gasteiger partial charge in [0.05, 0.1) is 97.5 Å². The van der Waals surface area contributed by atoms with Crippen LogP contribution in [0.25, 0.3) is 0 Å². The van der Waals surface area contributed by atoms with Crippen LogP contribution in [0.1, 0.15) is 214 Å². The zero-order chi connectivity index (χ0) is 90.0. The van der Waals surface area contributed by atoms with E-state index >= 15 is 0 Å². The number of aliphatic hydroxyl groups excluding tert-OH is 1. The molecule has 128 heavy (non-hydrogen) atoms. The summed E-state index contributed by atoms with van der Waals surface area (Å²) in [5.74, 6) is 15.4. The Morgan fingerprint density at radius 3 is 1.24 bits per heavy atom. The Kier molecular flexibility index (Phi) is 29.1. The fourth-order valence-electron chi connectivity index (χ4n) is 22.8. The van der Waals surface area contributed by atoms with Crippen molar-refractivity contribution in [1.82, 2.24) is 14.2 Å². The van der Waals surface area contributed by atoms with Crippen LogP contribution < -0.4 is 43.1 Å². The van der Waals surface area contributed by atoms with Gasteiger partial charge in [-0.05, 0) is 332 Å². The molecule has 19 atom stereocenters. The molecule has 6 aliphatic carbocycles. The molecule has 0 radical (unpaired) electrons. The molecule has 6 aliphatic heterocycles. The number of anilines is 3. The first-order valence-corrected chi connectivity index (χ1v) is 53.3. The second-order valence-electron chi connectivity index (χ2n) is 38.8. The minimum Gasteiger partial charge on any atom is -0.490 e. The van der Waals surface area contributed by atoms with E-state index in [1.807, 2.05) is 87.5 Å². The summed E-state index contributed by atoms with van der Waals surface area (Å²) in [5, 5.41) is 12.6. The Bertz CT molecular complexity index is 5540. The van der Waals surface area contributed by atoms with Crippen molar-refractivity contribution < 1.29 is 60.5 Å². The molecule has 690 valence electrons. The van der Waals surface area contributed by atoms with Gasteiger partial charge in [0.1, 0.15) is 17.2 Å². The summed E-state index contributed by atoms with van der Waals surface area (Å²) in [5.41, 5.74) is 11.3. The molecule has 19 nitrogen and oxygen atoms in total. The largest absolute Gasteiger partial charge is 0.490 e. The van der Waals surface area contributed by atoms with E-state index in [0.29, 0.717) is 111 Å². The number of aryl methyl sites for hydroxylation is 3. The third-order valence-corrected chi connectivity index (χ3v) is 38.1. The monoisotopic (exact) mass is 1860 g/mol. The summed E-state index contributed by atoms with van der Waals surface area (Å²) in [7, 11) is -5.13. The molecule has 6 heterocycles. The first-order valence-electron chi connectivity index (χ1n) is 46.8. The third-order valence-electron chi connectivity index (χ3n) is 30.8. The molecule has 3 spiro atoms. The highest BCUT2D eigenvalue weighted by Crippen LogP contribution is 2.52. The van der Waals surface area contributed by atoms with Crippen molar-refractivity contribution in [3.8, 4) is 17.2 Å². The van der Waals surface area contributed by atoms with Gasteiger partial charge in [-0.3, -0.25) is 28.5 Å². The first kappa shape index (κ1) is 93.7. The van der Waals surface area contributed by atoms with Crippen molar-refractivity contribution in [2.75, 3.05) is 101 Å². The summed E-state index contributed by atoms with van der Waals surface area (Å²) in [6.07, 6.45) is 32.8. The Hall–Kier alpha value is -7.48. The van der Waals surface area contributed by atoms with E-state index in [2.05, 4.69) is 114 Å². The normalized spacial score (nSPS) is 34.0. The zero-order valence-electron chi connectivity index (χ0n) is 75.4. The van der Waals surface area contributed by atoms with Crippen molar-refractivity contribution in [2.24, 2.45) is 41.4 Å². The van der Waals surface area contributed by atoms with Crippen LogP contribution in [0.15, 0.2) is 146 Å². The number of fused-ring (bicyclic) bond motifs is 12. The van der Waals surface area contributed by atoms with Crippen molar-refractivity contribution in [3.63, 3.8) is 0 Å². The predicted molar refractivity (Wildman–Crippen MR) is 523 cm³/mol. The van der Waals surface area contributed by atoms with Crippen molar-refractivity contribution in [2.45, 2.75) is 219 Å². The number of rotatable bonds is 7. The number of hydrogen-bond donors (Lipinski definition) is 4. The van der Waals surface area contributed by atoms with Crippen LogP contribution >= 0.6 is 34.8 Å². The lowest BCUT2D eigenvalue weighted by molar-refractivity contribution is -0.0309. The smallest absolute Gasteiger partial charge is 0.262 e. The summed E-state index contributed by atoms with van der Waals surface area (Å²) in [6, 6.07) is 35.6. The Balaban J connectivity index is 0.000000141. The number of benzene rings is 6. The zero-order valence-corrected chi connectivity index (χ0v) is 80.1. The number of aliphatic hydroxyl groups is 1. The standard InChI is InChI=1S/C36H47ClN2O5S.C34H43ClN2O4S.C33H41ClN2O4S/c1-24-7-5-9-33(43-18-17-42-3)30-13-10-28(30)21-39-22-36(16-6-8-26-19-29(37)12-14-31(26)36)23-44-34-15-11-27(20-32(34)39)35(40)38-45(4,41)25(24)2;1-4-27-9-5-6-10-31(40-2)28-14-11-25(28)20-37-21-34(17-7-8-23-18-26(35)13-15-29(23)34)22-41-32-16-12-24(19-30(32)37)33(38)36-42(27,3)39;1-3-26-8-4-5-9-30(37)27-13-10-24(27)19-36-20-33(16-6-7-22-17-25(34)12-14-28(22)33)21-40-31-15-11-23(18-29(31)36)32(38)35-41(26,2)39/h5,9,11-12,14-15,19-20,24-25,28,30,33H,4,6-8,10,13,16-18,21-23H2,1-3H3,(H,38,40,41);6,10,12-13,15-16,18-19,25,27-28,31H,3-5,7-9,11,14,17,20-22H2,1-2H3,(H,36,38,39);5,9,11-12,14-15,17-18,24,26-27,30,37H,2-4,6-8,10,13,16,19-21H2,1H3,(H,35,38,39)/b9-5+;10-6+;9-5+/t24-,25+,28-,30+,33-,36-,45?;25-,27+,28+,31-,34-,42?;24-,26+,27+,30-,33-,41?/m000/s1. The molecule has 3 saturated carbocycles. The number of amides is 3. The number of hydrogen-bond acceptors (Lipinski definition) is 16. The van der Waals surface area contributed by atoms with E-state index in [1.165, 1.54) is 33.4 Å². The van der Waals surface area contributed by atoms with Crippen molar-refractivity contribution in [3.05, 3.63) is 211 Å². The molecule has 3 amide bonds. The topological polar surface area (TPSA) is 224 Å². The van der Waals surface area contributed by atoms with Gasteiger partial charge in [0.15, 0.2) is 0 Å². The van der Waals surface area contributed by atoms with Crippen LogP contribution in [0.5, 0.6) is 17.2 Å². The molecular weight excluding hydrogens is 1730 g/mol. The van der Waals surface area contributed by atoms with Crippen LogP contribution in [0.2, 0.25) is 15.1 Å². The molecule has 4 N–H and O–H groups in total. The molecule has 12 aliphatic rings. The number of nitrogens with one attached hydrogen (secondary N) is 3. The molecule has 6 aromatic rings. The maximum Gasteiger partial charge on any atom is 0.262 e. The summed E-state index contributed by atoms with van der Waals surface area (Å²) in [4.78, 5) is 47.9. The maximum absolute atomic E-state index is 13.8. The van der Waals surface area contributed by atoms with Gasteiger partial charge in [0.25, 0.3) is 17.7 Å². The van der Waals surface area contributed by atoms with Crippen LogP contribution in [-0.2, 0) is 78.8 Å². The molecule has 25 heteroatoms. The minimum atomic E-state index is -2.91. The van der Waals surface area contributed by atoms with E-state index in [9.17, 15) is 32.1 Å². The number of carbonyl (C=O) groups is 3. The average molecular weight is 1860 g/mol. The Morgan fingerprint density at radius 1 is 0.477 bits per heavy atom. The second kappa shape index (κ2) is 39.7. The molecule has 0 saturated heterocycles. The minimum absolute atomic E-state index is 0.0290. The first-order chi connectivity index (χ1) is 61.5. The van der Waals surface area contributed by atoms with Crippen LogP contribution in [0.3, 0.4) is 0 Å². The SMILES string of the molecule is C=S1(=O)NC(=O)c2ccc3c(c2)N(C[C@@H]2CC[C@H]2[C@@H](O)/C=C/CC[C@H]1CC)C[C@@]1(CCCc2cc(Cl)ccc21)CO3.C=S1(=O)NC(=O)c2ccc3c(c2)N(C[C@@H]2CC[C@H]2[C@@H](OC)/C=C/CC[C@H]1CC)C[C@@]1(CCCc2cc(Cl)ccc21)CO3.C=S1(=O)NC(=O)c2ccc3c(c2)N(C[C@@H]2CC[C@H]2[C@@H](OCCOC)/C=C/C[C@H](C)[C@H]1C)C[C@@]1(CCCc2cc(Cl)ccc21)CO3. The molecule has 3 fully saturated rings. The summed E-state index contributed by atoms with van der Waals surface area (Å²) < 4.78 is 87.0. The van der Waals surface area contributed by atoms with Gasteiger partial charge >= 0.3 is 0 Å². The highest BCUT2D eigenvalue weighted by Gasteiger charge is 2.50. The van der Waals surface area contributed by atoms with Crippen LogP contribution in [-0.4, -0.2) is 174 Å². The summed E-state index contributed by atoms with van der Waals surface area (Å²) >= 11 is 19.3. The molecule has 6 bridgehead atoms. The maximum atomic E-state index is 13.8. The lowest BCUT2D eigenvalue weighted by atomic mass is 9.68. The number of methoxy groups -OCH3 is 2. The summed E-state index contributed by atoms with van der Waals surface area (Å²) in [6.45, 7) is 15.5. The lowest BCUT2D eigenvalue weighted by Crippen LogP contribution is -2.49. The quantitative estimate of drug-likeness (QED) is 0.0662. The average Bonchev–Trinajstić information content (AvgIpc) is 1.49. The Labute approximate surface area is 775 Å². The third kappa shape index (κ3) is 20.1. The van der Waals surface area contributed by atoms with Gasteiger partial charge < -0.3 is 48.2 Å². The highest BCUT2D eigenvalue weighted by atomic mass is 35.5. The molecular formula is C103H131Cl3N6O13S3. The molecule has 0 aromatic heterocycles. The van der Waals surface area contributed by atoms with E-state index < -0.39 is 35.2 Å². The van der Waals surface area contributed by atoms with E-state index in [1.54, 1.807) is 32.4 Å². The fourth-order valence-corrected chi connectivity index (χ4v) is 28.2. The van der Waals surface area contributed by atoms with Gasteiger partial charge in [0, 0.05) is 117 Å². The number of ether oxygens (including phenoxy) is 6. The van der Waals surface area contributed by atoms with Gasteiger partial charge in [-0.2, -0.15) is 0 Å². The fraction of sp³-hybridized carbons (Fsp3) is 0.534. The lowest BCUT2D eigenvalue weighted by Gasteiger charge is -2.46. The van der Waals surface area contributed by atoms with Crippen LogP contribution in [0.4, 0.5) is 17.1 Å². The van der Waals surface area contributed by atoms with Gasteiger partial charge in [-0.25, -0.2) is 12.6 Å². The highest BCUT2D eigenvalue weighted by molar-refractivity contribution is 8.00. The van der Waals surface area contributed by atoms with Gasteiger partial charge in [-0.15, -0.1) is 0 Å². The number of carbonyl (C=O) groups excluding carboxylic acids is 3. The van der Waals surface area contributed by atoms with E-state index in [4.69, 9.17) is 63.2 Å². The molecule has 3 unspecified atom stereocenters. The second-order valence-corrected chi connectivity index (χ2v) is 47.1. The van der Waals surface area contributed by atoms with Crippen molar-refractivity contribution in [1.29, 1.82) is 0 Å². The number of halogens is 3. The van der Waals surface area contributed by atoms with Gasteiger partial charge in [0.2, 0.25) is 0 Å². The van der Waals surface area contributed by atoms with E-state index in [0.717, 1.165) is 198 Å². The van der Waals surface area contributed by atoms with Gasteiger partial charge in [-0.1, -0.05) is 110 Å². The molecule has 18 rings (SSSR count). The van der Waals surface area contributed by atoms with E-state index in [-0.39, 0.29) is 73.8 Å². The number of allylic oxidation sites excluding steroid dienone is 3. The van der Waals surface area contributed by atoms with Crippen LogP contribution in [0, 0.1) is 41.4 Å². The number of nitrogens with zero attached hydrogens (tertiary/aromatic N) is 3. The van der Waals surface area contributed by atoms with Crippen molar-refractivity contribution >= 4 is 116 Å². The molecule has 6 aromatic carbocycles.